The standard InChI is InChI=1S/C14H28N2O2S/c1-12-4-8-14(9-5-12)16(2)19(17,18)11-3-10-15-13-6-7-13/h12-15H,3-11H2,1-2H3. The summed E-state index contributed by atoms with van der Waals surface area (Å²) in [4.78, 5) is 0. The highest BCUT2D eigenvalue weighted by atomic mass is 32.2. The number of hydrogen-bond donors (Lipinski definition) is 1. The zero-order valence-electron chi connectivity index (χ0n) is 12.3. The van der Waals surface area contributed by atoms with Crippen molar-refractivity contribution in [2.24, 2.45) is 5.92 Å². The number of nitrogens with zero attached hydrogens (tertiary/aromatic N) is 1. The summed E-state index contributed by atoms with van der Waals surface area (Å²) in [6.07, 6.45) is 7.61. The molecule has 0 unspecified atom stereocenters. The zero-order valence-corrected chi connectivity index (χ0v) is 13.1. The first-order chi connectivity index (χ1) is 8.99. The van der Waals surface area contributed by atoms with E-state index in [1.807, 2.05) is 0 Å². The maximum Gasteiger partial charge on any atom is 0.214 e. The van der Waals surface area contributed by atoms with Gasteiger partial charge in [0.25, 0.3) is 0 Å². The van der Waals surface area contributed by atoms with Crippen molar-refractivity contribution in [2.45, 2.75) is 64.0 Å². The van der Waals surface area contributed by atoms with Gasteiger partial charge in [0.2, 0.25) is 10.0 Å². The van der Waals surface area contributed by atoms with Crippen LogP contribution in [0.2, 0.25) is 0 Å². The van der Waals surface area contributed by atoms with Crippen molar-refractivity contribution in [2.75, 3.05) is 19.3 Å². The molecule has 0 radical (unpaired) electrons. The van der Waals surface area contributed by atoms with E-state index in [0.717, 1.165) is 44.6 Å². The van der Waals surface area contributed by atoms with Crippen molar-refractivity contribution in [1.82, 2.24) is 9.62 Å². The van der Waals surface area contributed by atoms with Gasteiger partial charge in [-0.3, -0.25) is 0 Å². The van der Waals surface area contributed by atoms with Crippen LogP contribution in [0.5, 0.6) is 0 Å². The van der Waals surface area contributed by atoms with Crippen LogP contribution in [-0.4, -0.2) is 44.2 Å². The second kappa shape index (κ2) is 6.55. The van der Waals surface area contributed by atoms with Crippen LogP contribution in [0.4, 0.5) is 0 Å². The lowest BCUT2D eigenvalue weighted by atomic mass is 9.87. The van der Waals surface area contributed by atoms with E-state index in [1.54, 1.807) is 11.4 Å². The van der Waals surface area contributed by atoms with Crippen LogP contribution >= 0.6 is 0 Å². The normalized spacial score (nSPS) is 28.8. The smallest absolute Gasteiger partial charge is 0.214 e. The molecule has 2 rings (SSSR count). The molecule has 0 aromatic carbocycles. The number of rotatable bonds is 7. The van der Waals surface area contributed by atoms with E-state index >= 15 is 0 Å². The summed E-state index contributed by atoms with van der Waals surface area (Å²) in [7, 11) is -1.29. The maximum atomic E-state index is 12.3. The Morgan fingerprint density at radius 3 is 2.32 bits per heavy atom. The third-order valence-electron chi connectivity index (χ3n) is 4.53. The molecule has 0 heterocycles. The van der Waals surface area contributed by atoms with Crippen LogP contribution in [-0.2, 0) is 10.0 Å². The summed E-state index contributed by atoms with van der Waals surface area (Å²) >= 11 is 0. The molecule has 112 valence electrons. The van der Waals surface area contributed by atoms with Crippen molar-refractivity contribution in [3.63, 3.8) is 0 Å². The fraction of sp³-hybridized carbons (Fsp3) is 1.00. The molecule has 2 aliphatic rings. The van der Waals surface area contributed by atoms with Gasteiger partial charge in [0.1, 0.15) is 0 Å². The molecule has 0 saturated heterocycles. The van der Waals surface area contributed by atoms with Gasteiger partial charge in [-0.15, -0.1) is 0 Å². The molecule has 2 fully saturated rings. The molecule has 0 atom stereocenters. The summed E-state index contributed by atoms with van der Waals surface area (Å²) in [5.74, 6) is 1.05. The molecule has 4 nitrogen and oxygen atoms in total. The van der Waals surface area contributed by atoms with Crippen LogP contribution in [0.15, 0.2) is 0 Å². The second-order valence-electron chi connectivity index (χ2n) is 6.33. The molecule has 0 aromatic rings. The molecule has 5 heteroatoms. The largest absolute Gasteiger partial charge is 0.314 e. The predicted molar refractivity (Wildman–Crippen MR) is 78.6 cm³/mol. The van der Waals surface area contributed by atoms with Gasteiger partial charge in [-0.1, -0.05) is 6.92 Å². The van der Waals surface area contributed by atoms with Crippen LogP contribution < -0.4 is 5.32 Å². The Morgan fingerprint density at radius 1 is 1.11 bits per heavy atom. The average molecular weight is 288 g/mol. The number of sulfonamides is 1. The maximum absolute atomic E-state index is 12.3. The Kier molecular flexibility index (Phi) is 5.26. The van der Waals surface area contributed by atoms with Gasteiger partial charge in [-0.25, -0.2) is 12.7 Å². The molecule has 0 amide bonds. The average Bonchev–Trinajstić information content (AvgIpc) is 3.19. The van der Waals surface area contributed by atoms with Crippen LogP contribution in [0, 0.1) is 5.92 Å². The molecular weight excluding hydrogens is 260 g/mol. The van der Waals surface area contributed by atoms with Gasteiger partial charge >= 0.3 is 0 Å². The SMILES string of the molecule is CC1CCC(N(C)S(=O)(=O)CCCNC2CC2)CC1. The lowest BCUT2D eigenvalue weighted by Crippen LogP contribution is -2.40. The van der Waals surface area contributed by atoms with Crippen LogP contribution in [0.25, 0.3) is 0 Å². The minimum absolute atomic E-state index is 0.234. The molecule has 1 N–H and O–H groups in total. The molecule has 2 saturated carbocycles. The predicted octanol–water partition coefficient (Wildman–Crippen LogP) is 1.97. The van der Waals surface area contributed by atoms with E-state index in [2.05, 4.69) is 12.2 Å². The van der Waals surface area contributed by atoms with E-state index in [4.69, 9.17) is 0 Å². The van der Waals surface area contributed by atoms with E-state index in [-0.39, 0.29) is 11.8 Å². The number of nitrogens with one attached hydrogen (secondary N) is 1. The van der Waals surface area contributed by atoms with Crippen molar-refractivity contribution in [1.29, 1.82) is 0 Å². The second-order valence-corrected chi connectivity index (χ2v) is 8.48. The Hall–Kier alpha value is -0.130. The van der Waals surface area contributed by atoms with Crippen LogP contribution in [0.3, 0.4) is 0 Å². The van der Waals surface area contributed by atoms with E-state index in [9.17, 15) is 8.42 Å². The van der Waals surface area contributed by atoms with Gasteiger partial charge in [0.05, 0.1) is 5.75 Å². The van der Waals surface area contributed by atoms with Crippen molar-refractivity contribution in [3.05, 3.63) is 0 Å². The third-order valence-corrected chi connectivity index (χ3v) is 6.51. The van der Waals surface area contributed by atoms with Crippen molar-refractivity contribution in [3.8, 4) is 0 Å². The Morgan fingerprint density at radius 2 is 1.74 bits per heavy atom. The van der Waals surface area contributed by atoms with E-state index in [1.165, 1.54) is 12.8 Å². The lowest BCUT2D eigenvalue weighted by molar-refractivity contribution is 0.246. The number of hydrogen-bond acceptors (Lipinski definition) is 3. The Balaban J connectivity index is 1.73. The molecule has 0 bridgehead atoms. The van der Waals surface area contributed by atoms with Gasteiger partial charge in [0.15, 0.2) is 0 Å². The molecule has 0 aliphatic heterocycles. The van der Waals surface area contributed by atoms with Gasteiger partial charge < -0.3 is 5.32 Å². The van der Waals surface area contributed by atoms with Crippen molar-refractivity contribution >= 4 is 10.0 Å². The minimum Gasteiger partial charge on any atom is -0.314 e. The summed E-state index contributed by atoms with van der Waals surface area (Å²) in [5, 5.41) is 3.37. The van der Waals surface area contributed by atoms with Crippen molar-refractivity contribution < 1.29 is 8.42 Å². The summed E-state index contributed by atoms with van der Waals surface area (Å²) in [6.45, 7) is 3.09. The molecule has 2 aliphatic carbocycles. The molecule has 19 heavy (non-hydrogen) atoms. The van der Waals surface area contributed by atoms with Gasteiger partial charge in [-0.2, -0.15) is 0 Å². The third kappa shape index (κ3) is 4.72. The summed E-state index contributed by atoms with van der Waals surface area (Å²) < 4.78 is 26.2. The van der Waals surface area contributed by atoms with Crippen LogP contribution in [0.1, 0.15) is 51.9 Å². The lowest BCUT2D eigenvalue weighted by Gasteiger charge is -2.32. The monoisotopic (exact) mass is 288 g/mol. The highest BCUT2D eigenvalue weighted by molar-refractivity contribution is 7.89. The highest BCUT2D eigenvalue weighted by Gasteiger charge is 2.29. The molecule has 0 aromatic heterocycles. The minimum atomic E-state index is -3.06. The van der Waals surface area contributed by atoms with Gasteiger partial charge in [-0.05, 0) is 57.4 Å². The fourth-order valence-electron chi connectivity index (χ4n) is 2.83. The Bertz CT molecular complexity index is 371. The molecule has 0 spiro atoms. The summed E-state index contributed by atoms with van der Waals surface area (Å²) in [5.41, 5.74) is 0. The van der Waals surface area contributed by atoms with Gasteiger partial charge in [0, 0.05) is 19.1 Å². The van der Waals surface area contributed by atoms with E-state index < -0.39 is 10.0 Å². The first kappa shape index (κ1) is 15.3. The zero-order chi connectivity index (χ0) is 13.9. The Labute approximate surface area is 118 Å². The van der Waals surface area contributed by atoms with E-state index in [0.29, 0.717) is 6.04 Å². The quantitative estimate of drug-likeness (QED) is 0.729. The first-order valence-electron chi connectivity index (χ1n) is 7.68. The fourth-order valence-corrected chi connectivity index (χ4v) is 4.29. The molecular formula is C14H28N2O2S. The summed E-state index contributed by atoms with van der Waals surface area (Å²) in [6, 6.07) is 0.901. The topological polar surface area (TPSA) is 49.4 Å². The highest BCUT2D eigenvalue weighted by Crippen LogP contribution is 2.27. The first-order valence-corrected chi connectivity index (χ1v) is 9.29.